The molecule has 2 nitrogen and oxygen atoms in total. The van der Waals surface area contributed by atoms with Crippen LogP contribution in [-0.4, -0.2) is 4.98 Å². The smallest absolute Gasteiger partial charge is 0.0673 e. The molecular weight excluding hydrogens is 677 g/mol. The van der Waals surface area contributed by atoms with Crippen LogP contribution in [0.4, 0.5) is 17.1 Å². The van der Waals surface area contributed by atoms with Crippen molar-refractivity contribution in [2.24, 2.45) is 0 Å². The monoisotopic (exact) mass is 716 g/mol. The topological polar surface area (TPSA) is 16.1 Å². The van der Waals surface area contributed by atoms with Gasteiger partial charge in [-0.15, -0.1) is 0 Å². The third-order valence-corrected chi connectivity index (χ3v) is 11.5. The van der Waals surface area contributed by atoms with Crippen LogP contribution in [0.15, 0.2) is 200 Å². The largest absolute Gasteiger partial charge is 0.311 e. The molecular formula is C54H40N2. The maximum absolute atomic E-state index is 4.64. The van der Waals surface area contributed by atoms with Gasteiger partial charge in [0.2, 0.25) is 0 Å². The van der Waals surface area contributed by atoms with E-state index in [-0.39, 0.29) is 5.41 Å². The van der Waals surface area contributed by atoms with Crippen LogP contribution in [0.5, 0.6) is 0 Å². The summed E-state index contributed by atoms with van der Waals surface area (Å²) in [6.07, 6.45) is 4.13. The molecule has 0 bridgehead atoms. The molecule has 0 saturated heterocycles. The van der Waals surface area contributed by atoms with Crippen LogP contribution >= 0.6 is 0 Å². The Balaban J connectivity index is 0.974. The van der Waals surface area contributed by atoms with Crippen molar-refractivity contribution in [3.8, 4) is 33.4 Å². The first kappa shape index (κ1) is 33.5. The van der Waals surface area contributed by atoms with Crippen LogP contribution in [0, 0.1) is 0 Å². The molecule has 10 rings (SSSR count). The Morgan fingerprint density at radius 2 is 0.768 bits per heavy atom. The Hall–Kier alpha value is -7.03. The molecule has 0 atom stereocenters. The second-order valence-corrected chi connectivity index (χ2v) is 15.3. The zero-order valence-corrected chi connectivity index (χ0v) is 31.5. The van der Waals surface area contributed by atoms with Gasteiger partial charge < -0.3 is 4.90 Å². The highest BCUT2D eigenvalue weighted by Crippen LogP contribution is 2.46. The fourth-order valence-corrected chi connectivity index (χ4v) is 8.40. The number of allylic oxidation sites excluding steroid dienone is 1. The first-order valence-electron chi connectivity index (χ1n) is 19.4. The SMILES string of the molecule is CC1(C)C(c2ccc(-c3ccc(N(c4ccc(-c5ccc6ccccc6c5)cc4)c4ccc(-c5ccc6ccccc6c5)cc4)cc3)cc2)=Cc2ncccc21. The van der Waals surface area contributed by atoms with Gasteiger partial charge >= 0.3 is 0 Å². The summed E-state index contributed by atoms with van der Waals surface area (Å²) in [6, 6.07) is 70.6. The van der Waals surface area contributed by atoms with Crippen molar-refractivity contribution >= 4 is 50.3 Å². The highest BCUT2D eigenvalue weighted by Gasteiger charge is 2.34. The normalized spacial score (nSPS) is 13.1. The summed E-state index contributed by atoms with van der Waals surface area (Å²) in [7, 11) is 0. The minimum Gasteiger partial charge on any atom is -0.311 e. The molecule has 0 radical (unpaired) electrons. The van der Waals surface area contributed by atoms with Gasteiger partial charge in [-0.1, -0.05) is 153 Å². The highest BCUT2D eigenvalue weighted by atomic mass is 15.1. The molecule has 0 amide bonds. The van der Waals surface area contributed by atoms with Crippen LogP contribution in [0.2, 0.25) is 0 Å². The van der Waals surface area contributed by atoms with Gasteiger partial charge in [0.25, 0.3) is 0 Å². The number of hydrogen-bond acceptors (Lipinski definition) is 2. The van der Waals surface area contributed by atoms with Crippen LogP contribution in [0.3, 0.4) is 0 Å². The van der Waals surface area contributed by atoms with Gasteiger partial charge in [-0.05, 0) is 132 Å². The molecule has 8 aromatic carbocycles. The minimum absolute atomic E-state index is 0.0857. The van der Waals surface area contributed by atoms with Gasteiger partial charge in [-0.25, -0.2) is 0 Å². The fraction of sp³-hybridized carbons (Fsp3) is 0.0556. The molecule has 56 heavy (non-hydrogen) atoms. The summed E-state index contributed by atoms with van der Waals surface area (Å²) >= 11 is 0. The maximum Gasteiger partial charge on any atom is 0.0673 e. The number of rotatable bonds is 7. The first-order chi connectivity index (χ1) is 27.5. The Kier molecular flexibility index (Phi) is 8.19. The molecule has 0 aliphatic heterocycles. The molecule has 0 N–H and O–H groups in total. The molecule has 0 fully saturated rings. The van der Waals surface area contributed by atoms with Crippen molar-refractivity contribution in [3.63, 3.8) is 0 Å². The molecule has 1 heterocycles. The number of hydrogen-bond donors (Lipinski definition) is 0. The van der Waals surface area contributed by atoms with E-state index in [0.717, 1.165) is 22.8 Å². The minimum atomic E-state index is -0.0857. The summed E-state index contributed by atoms with van der Waals surface area (Å²) in [5.74, 6) is 0. The summed E-state index contributed by atoms with van der Waals surface area (Å²) in [5, 5.41) is 5.01. The zero-order chi connectivity index (χ0) is 37.6. The molecule has 1 aliphatic carbocycles. The Labute approximate surface area is 328 Å². The predicted molar refractivity (Wildman–Crippen MR) is 238 cm³/mol. The third kappa shape index (κ3) is 6.06. The van der Waals surface area contributed by atoms with Gasteiger partial charge in [0.05, 0.1) is 5.69 Å². The van der Waals surface area contributed by atoms with Gasteiger partial charge in [-0.3, -0.25) is 4.98 Å². The quantitative estimate of drug-likeness (QED) is 0.163. The van der Waals surface area contributed by atoms with E-state index in [1.807, 2.05) is 12.3 Å². The Morgan fingerprint density at radius 1 is 0.375 bits per heavy atom. The summed E-state index contributed by atoms with van der Waals surface area (Å²) < 4.78 is 0. The molecule has 9 aromatic rings. The molecule has 0 spiro atoms. The van der Waals surface area contributed by atoms with Crippen molar-refractivity contribution in [3.05, 3.63) is 217 Å². The molecule has 0 saturated carbocycles. The Bertz CT molecular complexity index is 2780. The maximum atomic E-state index is 4.64. The summed E-state index contributed by atoms with van der Waals surface area (Å²) in [6.45, 7) is 4.58. The van der Waals surface area contributed by atoms with Crippen LogP contribution in [0.25, 0.3) is 66.6 Å². The Morgan fingerprint density at radius 3 is 1.23 bits per heavy atom. The number of fused-ring (bicyclic) bond motifs is 3. The molecule has 1 aliphatic rings. The highest BCUT2D eigenvalue weighted by molar-refractivity contribution is 5.93. The number of nitrogens with zero attached hydrogens (tertiary/aromatic N) is 2. The number of aromatic nitrogens is 1. The van der Waals surface area contributed by atoms with Crippen LogP contribution in [-0.2, 0) is 5.41 Å². The van der Waals surface area contributed by atoms with E-state index in [9.17, 15) is 0 Å². The van der Waals surface area contributed by atoms with Crippen molar-refractivity contribution in [1.29, 1.82) is 0 Å². The summed E-state index contributed by atoms with van der Waals surface area (Å²) in [5.41, 5.74) is 15.3. The van der Waals surface area contributed by atoms with E-state index in [4.69, 9.17) is 0 Å². The first-order valence-corrected chi connectivity index (χ1v) is 19.4. The van der Waals surface area contributed by atoms with Crippen molar-refractivity contribution in [2.75, 3.05) is 4.90 Å². The van der Waals surface area contributed by atoms with E-state index >= 15 is 0 Å². The van der Waals surface area contributed by atoms with E-state index < -0.39 is 0 Å². The van der Waals surface area contributed by atoms with E-state index in [1.54, 1.807) is 0 Å². The lowest BCUT2D eigenvalue weighted by atomic mass is 9.79. The fourth-order valence-electron chi connectivity index (χ4n) is 8.40. The average Bonchev–Trinajstić information content (AvgIpc) is 3.54. The zero-order valence-electron chi connectivity index (χ0n) is 31.5. The summed E-state index contributed by atoms with van der Waals surface area (Å²) in [4.78, 5) is 6.99. The second-order valence-electron chi connectivity index (χ2n) is 15.3. The standard InChI is InChI=1S/C54H40N2/c1-54(2)51-12-7-33-55-53(51)36-52(54)43-17-13-39(14-18-43)40-21-27-48(28-22-40)56(49-29-23-41(24-30-49)46-19-15-37-8-3-5-10-44(37)34-46)50-31-25-42(26-32-50)47-20-16-38-9-4-6-11-45(38)35-47/h3-36H,1-2H3. The van der Waals surface area contributed by atoms with Crippen molar-refractivity contribution in [2.45, 2.75) is 19.3 Å². The number of benzene rings is 8. The molecule has 2 heteroatoms. The second kappa shape index (κ2) is 13.7. The van der Waals surface area contributed by atoms with Crippen molar-refractivity contribution in [1.82, 2.24) is 4.98 Å². The van der Waals surface area contributed by atoms with E-state index in [0.29, 0.717) is 0 Å². The lowest BCUT2D eigenvalue weighted by molar-refractivity contribution is 0.700. The van der Waals surface area contributed by atoms with Gasteiger partial charge in [0, 0.05) is 28.7 Å². The lowest BCUT2D eigenvalue weighted by Gasteiger charge is -2.26. The van der Waals surface area contributed by atoms with Gasteiger partial charge in [0.15, 0.2) is 0 Å². The van der Waals surface area contributed by atoms with Crippen molar-refractivity contribution < 1.29 is 0 Å². The van der Waals surface area contributed by atoms with E-state index in [2.05, 4.69) is 218 Å². The third-order valence-electron chi connectivity index (χ3n) is 11.5. The average molecular weight is 717 g/mol. The lowest BCUT2D eigenvalue weighted by Crippen LogP contribution is -2.16. The number of pyridine rings is 1. The molecule has 0 unspecified atom stereocenters. The molecule has 266 valence electrons. The van der Waals surface area contributed by atoms with Gasteiger partial charge in [0.1, 0.15) is 0 Å². The predicted octanol–water partition coefficient (Wildman–Crippen LogP) is 14.7. The number of anilines is 3. The van der Waals surface area contributed by atoms with Crippen LogP contribution < -0.4 is 4.90 Å². The van der Waals surface area contributed by atoms with Crippen LogP contribution in [0.1, 0.15) is 30.7 Å². The van der Waals surface area contributed by atoms with Gasteiger partial charge in [-0.2, -0.15) is 0 Å². The van der Waals surface area contributed by atoms with E-state index in [1.165, 1.54) is 71.6 Å². The molecule has 1 aromatic heterocycles.